The summed E-state index contributed by atoms with van der Waals surface area (Å²) in [5.74, 6) is 2.71. The van der Waals surface area contributed by atoms with E-state index in [1.54, 1.807) is 14.2 Å². The molecule has 8 nitrogen and oxygen atoms in total. The van der Waals surface area contributed by atoms with Crippen LogP contribution in [0.2, 0.25) is 0 Å². The quantitative estimate of drug-likeness (QED) is 0.299. The summed E-state index contributed by atoms with van der Waals surface area (Å²) in [6.07, 6.45) is 0.739. The van der Waals surface area contributed by atoms with E-state index in [2.05, 4.69) is 10.3 Å². The van der Waals surface area contributed by atoms with Crippen molar-refractivity contribution in [2.24, 2.45) is 0 Å². The number of ether oxygens (including phenoxy) is 4. The Hall–Kier alpha value is -4.24. The molecule has 0 atom stereocenters. The molecule has 0 unspecified atom stereocenters. The standard InChI is InChI=1S/C30H31N3O5S/c1-35-25-9-8-20(14-26(25)36-2)10-11-31-30(39)33(18-21-6-4-3-5-7-21)19-23-15-22-16-27-28(38-13-12-37-27)17-24(22)32-29(23)34/h3-9,14-17H,10-13,18-19H2,1-2H3,(H,31,39)(H,32,34). The molecule has 5 rings (SSSR count). The summed E-state index contributed by atoms with van der Waals surface area (Å²) in [5.41, 5.74) is 3.35. The highest BCUT2D eigenvalue weighted by Gasteiger charge is 2.17. The molecule has 2 heterocycles. The number of H-pyrrole nitrogens is 1. The first-order chi connectivity index (χ1) is 19.0. The van der Waals surface area contributed by atoms with Crippen LogP contribution in [0.25, 0.3) is 10.9 Å². The average molecular weight is 546 g/mol. The number of nitrogens with zero attached hydrogens (tertiary/aromatic N) is 1. The number of pyridine rings is 1. The van der Waals surface area contributed by atoms with Crippen molar-refractivity contribution in [1.82, 2.24) is 15.2 Å². The SMILES string of the molecule is COc1ccc(CCNC(=S)N(Cc2ccccc2)Cc2cc3cc4c(cc3[nH]c2=O)OCCO4)cc1OC. The highest BCUT2D eigenvalue weighted by Crippen LogP contribution is 2.33. The predicted molar refractivity (Wildman–Crippen MR) is 155 cm³/mol. The smallest absolute Gasteiger partial charge is 0.253 e. The van der Waals surface area contributed by atoms with Gasteiger partial charge in [0.1, 0.15) is 13.2 Å². The van der Waals surface area contributed by atoms with Crippen molar-refractivity contribution in [3.8, 4) is 23.0 Å². The molecular formula is C30H31N3O5S. The number of benzene rings is 3. The van der Waals surface area contributed by atoms with Crippen LogP contribution in [-0.2, 0) is 19.5 Å². The summed E-state index contributed by atoms with van der Waals surface area (Å²) in [6.45, 7) is 2.52. The number of aromatic amines is 1. The zero-order valence-electron chi connectivity index (χ0n) is 22.0. The fraction of sp³-hybridized carbons (Fsp3) is 0.267. The van der Waals surface area contributed by atoms with E-state index in [0.29, 0.717) is 72.0 Å². The molecule has 39 heavy (non-hydrogen) atoms. The lowest BCUT2D eigenvalue weighted by Crippen LogP contribution is -2.40. The fourth-order valence-electron chi connectivity index (χ4n) is 4.58. The lowest BCUT2D eigenvalue weighted by atomic mass is 10.1. The zero-order valence-corrected chi connectivity index (χ0v) is 22.8. The van der Waals surface area contributed by atoms with Crippen LogP contribution in [0.15, 0.2) is 71.5 Å². The van der Waals surface area contributed by atoms with Crippen LogP contribution in [0.1, 0.15) is 16.7 Å². The number of rotatable bonds is 9. The second-order valence-electron chi connectivity index (χ2n) is 9.22. The van der Waals surface area contributed by atoms with Gasteiger partial charge in [-0.3, -0.25) is 4.79 Å². The number of thiocarbonyl (C=S) groups is 1. The molecule has 2 N–H and O–H groups in total. The van der Waals surface area contributed by atoms with E-state index in [1.807, 2.05) is 71.6 Å². The van der Waals surface area contributed by atoms with Gasteiger partial charge >= 0.3 is 0 Å². The summed E-state index contributed by atoms with van der Waals surface area (Å²) in [4.78, 5) is 18.1. The number of methoxy groups -OCH3 is 2. The molecule has 1 aliphatic rings. The number of aromatic nitrogens is 1. The third-order valence-corrected chi connectivity index (χ3v) is 6.99. The molecule has 0 amide bonds. The second kappa shape index (κ2) is 12.1. The van der Waals surface area contributed by atoms with Gasteiger partial charge < -0.3 is 34.1 Å². The molecule has 1 aliphatic heterocycles. The Morgan fingerprint density at radius 3 is 2.41 bits per heavy atom. The highest BCUT2D eigenvalue weighted by atomic mass is 32.1. The molecule has 4 aromatic rings. The van der Waals surface area contributed by atoms with Gasteiger partial charge in [-0.05, 0) is 54.0 Å². The molecular weight excluding hydrogens is 514 g/mol. The first-order valence-corrected chi connectivity index (χ1v) is 13.2. The molecule has 0 bridgehead atoms. The molecule has 0 aliphatic carbocycles. The third kappa shape index (κ3) is 6.26. The van der Waals surface area contributed by atoms with Gasteiger partial charge in [0.15, 0.2) is 28.1 Å². The van der Waals surface area contributed by atoms with Crippen LogP contribution in [0.3, 0.4) is 0 Å². The van der Waals surface area contributed by atoms with Gasteiger partial charge in [0.05, 0.1) is 26.3 Å². The van der Waals surface area contributed by atoms with E-state index in [4.69, 9.17) is 31.2 Å². The normalized spacial score (nSPS) is 12.2. The van der Waals surface area contributed by atoms with Gasteiger partial charge in [-0.15, -0.1) is 0 Å². The minimum Gasteiger partial charge on any atom is -0.493 e. The molecule has 9 heteroatoms. The maximum atomic E-state index is 13.1. The minimum absolute atomic E-state index is 0.162. The van der Waals surface area contributed by atoms with Crippen LogP contribution in [0.4, 0.5) is 0 Å². The van der Waals surface area contributed by atoms with E-state index in [9.17, 15) is 4.79 Å². The van der Waals surface area contributed by atoms with Gasteiger partial charge in [0.25, 0.3) is 5.56 Å². The Bertz CT molecular complexity index is 1520. The van der Waals surface area contributed by atoms with Crippen molar-refractivity contribution < 1.29 is 18.9 Å². The van der Waals surface area contributed by atoms with Gasteiger partial charge in [0, 0.05) is 30.1 Å². The van der Waals surface area contributed by atoms with Crippen molar-refractivity contribution in [3.63, 3.8) is 0 Å². The van der Waals surface area contributed by atoms with Crippen molar-refractivity contribution >= 4 is 28.2 Å². The average Bonchev–Trinajstić information content (AvgIpc) is 2.96. The van der Waals surface area contributed by atoms with Gasteiger partial charge in [-0.25, -0.2) is 0 Å². The first kappa shape index (κ1) is 26.4. The Morgan fingerprint density at radius 1 is 0.923 bits per heavy atom. The van der Waals surface area contributed by atoms with Crippen molar-refractivity contribution in [2.75, 3.05) is 34.0 Å². The number of hydrogen-bond donors (Lipinski definition) is 2. The molecule has 1 aromatic heterocycles. The topological polar surface area (TPSA) is 85.1 Å². The first-order valence-electron chi connectivity index (χ1n) is 12.8. The molecule has 0 saturated heterocycles. The molecule has 0 saturated carbocycles. The Kier molecular flexibility index (Phi) is 8.17. The summed E-state index contributed by atoms with van der Waals surface area (Å²) in [5, 5.41) is 4.82. The molecule has 0 fully saturated rings. The van der Waals surface area contributed by atoms with Gasteiger partial charge in [-0.2, -0.15) is 0 Å². The van der Waals surface area contributed by atoms with Crippen LogP contribution < -0.4 is 29.8 Å². The zero-order chi connectivity index (χ0) is 27.2. The third-order valence-electron chi connectivity index (χ3n) is 6.59. The number of hydrogen-bond acceptors (Lipinski definition) is 6. The van der Waals surface area contributed by atoms with Crippen LogP contribution >= 0.6 is 12.2 Å². The highest BCUT2D eigenvalue weighted by molar-refractivity contribution is 7.80. The Labute approximate surface area is 232 Å². The Morgan fingerprint density at radius 2 is 1.67 bits per heavy atom. The molecule has 3 aromatic carbocycles. The number of fused-ring (bicyclic) bond motifs is 2. The summed E-state index contributed by atoms with van der Waals surface area (Å²) < 4.78 is 22.2. The summed E-state index contributed by atoms with van der Waals surface area (Å²) >= 11 is 5.82. The molecule has 202 valence electrons. The summed E-state index contributed by atoms with van der Waals surface area (Å²) in [6, 6.07) is 21.6. The molecule has 0 radical (unpaired) electrons. The van der Waals surface area contributed by atoms with E-state index >= 15 is 0 Å². The fourth-order valence-corrected chi connectivity index (χ4v) is 4.81. The number of nitrogens with one attached hydrogen (secondary N) is 2. The maximum absolute atomic E-state index is 13.1. The van der Waals surface area contributed by atoms with Crippen LogP contribution in [-0.4, -0.2) is 49.0 Å². The lowest BCUT2D eigenvalue weighted by Gasteiger charge is -2.26. The van der Waals surface area contributed by atoms with Crippen molar-refractivity contribution in [2.45, 2.75) is 19.5 Å². The van der Waals surface area contributed by atoms with Crippen molar-refractivity contribution in [1.29, 1.82) is 0 Å². The monoisotopic (exact) mass is 545 g/mol. The van der Waals surface area contributed by atoms with Crippen LogP contribution in [0, 0.1) is 0 Å². The van der Waals surface area contributed by atoms with Gasteiger partial charge in [0.2, 0.25) is 0 Å². The molecule has 0 spiro atoms. The second-order valence-corrected chi connectivity index (χ2v) is 9.61. The maximum Gasteiger partial charge on any atom is 0.253 e. The largest absolute Gasteiger partial charge is 0.493 e. The minimum atomic E-state index is -0.162. The van der Waals surface area contributed by atoms with E-state index < -0.39 is 0 Å². The van der Waals surface area contributed by atoms with E-state index in [-0.39, 0.29) is 5.56 Å². The Balaban J connectivity index is 1.34. The lowest BCUT2D eigenvalue weighted by molar-refractivity contribution is 0.172. The summed E-state index contributed by atoms with van der Waals surface area (Å²) in [7, 11) is 3.25. The van der Waals surface area contributed by atoms with E-state index in [1.165, 1.54) is 0 Å². The van der Waals surface area contributed by atoms with Crippen LogP contribution in [0.5, 0.6) is 23.0 Å². The van der Waals surface area contributed by atoms with E-state index in [0.717, 1.165) is 22.9 Å². The predicted octanol–water partition coefficient (Wildman–Crippen LogP) is 4.44. The van der Waals surface area contributed by atoms with Crippen molar-refractivity contribution in [3.05, 3.63) is 93.8 Å². The van der Waals surface area contributed by atoms with Gasteiger partial charge in [-0.1, -0.05) is 36.4 Å².